The molecule has 2 rings (SSSR count). The number of alkyl halides is 1. The Bertz CT molecular complexity index is 518. The summed E-state index contributed by atoms with van der Waals surface area (Å²) >= 11 is 8.70. The molecule has 96 valence electrons. The van der Waals surface area contributed by atoms with Crippen molar-refractivity contribution < 1.29 is 4.52 Å². The number of hydrogen-bond acceptors (Lipinski definition) is 4. The topological polar surface area (TPSA) is 38.9 Å². The van der Waals surface area contributed by atoms with Crippen LogP contribution in [-0.2, 0) is 5.75 Å². The lowest BCUT2D eigenvalue weighted by atomic mass is 10.3. The molecule has 0 N–H and O–H groups in total. The monoisotopic (exact) mass is 390 g/mol. The molecule has 0 saturated heterocycles. The minimum absolute atomic E-state index is 0.146. The summed E-state index contributed by atoms with van der Waals surface area (Å²) in [6, 6.07) is 8.10. The molecule has 3 nitrogen and oxygen atoms in total. The molecular weight excluding hydrogens is 380 g/mol. The highest BCUT2D eigenvalue weighted by atomic mass is 79.9. The summed E-state index contributed by atoms with van der Waals surface area (Å²) in [5, 5.41) is 3.98. The van der Waals surface area contributed by atoms with E-state index in [2.05, 4.69) is 55.0 Å². The van der Waals surface area contributed by atoms with E-state index >= 15 is 0 Å². The zero-order valence-electron chi connectivity index (χ0n) is 9.77. The van der Waals surface area contributed by atoms with Gasteiger partial charge in [0.15, 0.2) is 5.82 Å². The van der Waals surface area contributed by atoms with Gasteiger partial charge in [0, 0.05) is 9.37 Å². The van der Waals surface area contributed by atoms with Crippen LogP contribution in [0.3, 0.4) is 0 Å². The molecule has 1 aromatic heterocycles. The van der Waals surface area contributed by atoms with Crippen LogP contribution in [0.5, 0.6) is 0 Å². The van der Waals surface area contributed by atoms with E-state index in [9.17, 15) is 0 Å². The van der Waals surface area contributed by atoms with E-state index in [1.165, 1.54) is 4.90 Å². The fourth-order valence-electron chi connectivity index (χ4n) is 1.33. The molecule has 0 aliphatic rings. The van der Waals surface area contributed by atoms with Crippen molar-refractivity contribution >= 4 is 43.6 Å². The molecule has 0 bridgehead atoms. The highest BCUT2D eigenvalue weighted by Crippen LogP contribution is 2.30. The van der Waals surface area contributed by atoms with Gasteiger partial charge >= 0.3 is 0 Å². The van der Waals surface area contributed by atoms with Gasteiger partial charge in [-0.3, -0.25) is 0 Å². The first-order valence-corrected chi connectivity index (χ1v) is 8.24. The van der Waals surface area contributed by atoms with E-state index in [1.807, 2.05) is 18.2 Å². The van der Waals surface area contributed by atoms with E-state index in [0.29, 0.717) is 11.6 Å². The van der Waals surface area contributed by atoms with Crippen molar-refractivity contribution in [3.63, 3.8) is 0 Å². The quantitative estimate of drug-likeness (QED) is 0.532. The van der Waals surface area contributed by atoms with Gasteiger partial charge in [-0.25, -0.2) is 0 Å². The number of hydrogen-bond donors (Lipinski definition) is 0. The molecule has 0 amide bonds. The SMILES string of the molecule is CCC(Br)c1nc(CSc2ccccc2Br)no1. The molecule has 0 aliphatic carbocycles. The zero-order chi connectivity index (χ0) is 13.0. The lowest BCUT2D eigenvalue weighted by Crippen LogP contribution is -1.89. The third-order valence-corrected chi connectivity index (χ3v) is 5.37. The van der Waals surface area contributed by atoms with Crippen LogP contribution in [0.15, 0.2) is 38.2 Å². The lowest BCUT2D eigenvalue weighted by Gasteiger charge is -2.00. The zero-order valence-corrected chi connectivity index (χ0v) is 13.8. The van der Waals surface area contributed by atoms with Gasteiger partial charge in [-0.15, -0.1) is 11.8 Å². The molecule has 0 fully saturated rings. The van der Waals surface area contributed by atoms with Crippen LogP contribution < -0.4 is 0 Å². The average molecular weight is 392 g/mol. The molecule has 0 spiro atoms. The number of thioether (sulfide) groups is 1. The van der Waals surface area contributed by atoms with E-state index in [1.54, 1.807) is 11.8 Å². The molecule has 6 heteroatoms. The summed E-state index contributed by atoms with van der Waals surface area (Å²) in [5.41, 5.74) is 0. The number of nitrogens with zero attached hydrogens (tertiary/aromatic N) is 2. The van der Waals surface area contributed by atoms with Crippen LogP contribution in [0, 0.1) is 0 Å². The minimum Gasteiger partial charge on any atom is -0.338 e. The van der Waals surface area contributed by atoms with Crippen LogP contribution in [0.25, 0.3) is 0 Å². The molecule has 0 saturated carbocycles. The van der Waals surface area contributed by atoms with E-state index in [4.69, 9.17) is 4.52 Å². The molecule has 1 unspecified atom stereocenters. The van der Waals surface area contributed by atoms with Gasteiger partial charge in [0.05, 0.1) is 10.6 Å². The molecule has 0 radical (unpaired) electrons. The van der Waals surface area contributed by atoms with E-state index < -0.39 is 0 Å². The number of rotatable bonds is 5. The van der Waals surface area contributed by atoms with Gasteiger partial charge < -0.3 is 4.52 Å². The van der Waals surface area contributed by atoms with Crippen molar-refractivity contribution in [2.45, 2.75) is 28.8 Å². The van der Waals surface area contributed by atoms with Crippen molar-refractivity contribution in [3.05, 3.63) is 40.5 Å². The van der Waals surface area contributed by atoms with Crippen LogP contribution in [-0.4, -0.2) is 10.1 Å². The van der Waals surface area contributed by atoms with Gasteiger partial charge in [0.2, 0.25) is 5.89 Å². The van der Waals surface area contributed by atoms with E-state index in [0.717, 1.165) is 16.7 Å². The Morgan fingerprint density at radius 2 is 2.17 bits per heavy atom. The maximum atomic E-state index is 5.20. The molecular formula is C12H12Br2N2OS. The van der Waals surface area contributed by atoms with Crippen molar-refractivity contribution in [1.29, 1.82) is 0 Å². The standard InChI is InChI=1S/C12H12Br2N2OS/c1-2-8(13)12-15-11(16-17-12)7-18-10-6-4-3-5-9(10)14/h3-6,8H,2,7H2,1H3. The Labute approximate surface area is 127 Å². The highest BCUT2D eigenvalue weighted by Gasteiger charge is 2.14. The summed E-state index contributed by atoms with van der Waals surface area (Å²) in [4.78, 5) is 5.69. The van der Waals surface area contributed by atoms with Gasteiger partial charge in [-0.05, 0) is 34.5 Å². The first kappa shape index (κ1) is 14.1. The summed E-state index contributed by atoms with van der Waals surface area (Å²) in [5.74, 6) is 2.08. The second-order valence-electron chi connectivity index (χ2n) is 3.64. The van der Waals surface area contributed by atoms with Crippen LogP contribution >= 0.6 is 43.6 Å². The minimum atomic E-state index is 0.146. The lowest BCUT2D eigenvalue weighted by molar-refractivity contribution is 0.372. The summed E-state index contributed by atoms with van der Waals surface area (Å²) in [6.45, 7) is 2.07. The molecule has 18 heavy (non-hydrogen) atoms. The predicted octanol–water partition coefficient (Wildman–Crippen LogP) is 4.97. The van der Waals surface area contributed by atoms with E-state index in [-0.39, 0.29) is 4.83 Å². The first-order chi connectivity index (χ1) is 8.70. The average Bonchev–Trinajstić information content (AvgIpc) is 2.86. The van der Waals surface area contributed by atoms with Gasteiger partial charge in [-0.1, -0.05) is 40.1 Å². The van der Waals surface area contributed by atoms with Crippen LogP contribution in [0.1, 0.15) is 29.9 Å². The smallest absolute Gasteiger partial charge is 0.240 e. The normalized spacial score (nSPS) is 12.6. The summed E-state index contributed by atoms with van der Waals surface area (Å²) in [7, 11) is 0. The van der Waals surface area contributed by atoms with Gasteiger partial charge in [-0.2, -0.15) is 4.98 Å². The molecule has 1 heterocycles. The molecule has 1 atom stereocenters. The Morgan fingerprint density at radius 3 is 2.89 bits per heavy atom. The fraction of sp³-hybridized carbons (Fsp3) is 0.333. The predicted molar refractivity (Wildman–Crippen MR) is 80.0 cm³/mol. The number of benzene rings is 1. The third-order valence-electron chi connectivity index (χ3n) is 2.30. The maximum absolute atomic E-state index is 5.20. The number of halogens is 2. The maximum Gasteiger partial charge on any atom is 0.240 e. The Morgan fingerprint density at radius 1 is 1.39 bits per heavy atom. The Balaban J connectivity index is 1.98. The fourth-order valence-corrected chi connectivity index (χ4v) is 2.93. The van der Waals surface area contributed by atoms with Crippen molar-refractivity contribution in [1.82, 2.24) is 10.1 Å². The first-order valence-electron chi connectivity index (χ1n) is 5.54. The highest BCUT2D eigenvalue weighted by molar-refractivity contribution is 9.10. The number of aromatic nitrogens is 2. The van der Waals surface area contributed by atoms with Crippen molar-refractivity contribution in [2.24, 2.45) is 0 Å². The summed E-state index contributed by atoms with van der Waals surface area (Å²) in [6.07, 6.45) is 0.930. The van der Waals surface area contributed by atoms with Crippen LogP contribution in [0.4, 0.5) is 0 Å². The Kier molecular flexibility index (Phi) is 5.26. The van der Waals surface area contributed by atoms with Gasteiger partial charge in [0.1, 0.15) is 0 Å². The Hall–Kier alpha value is -0.330. The van der Waals surface area contributed by atoms with Crippen molar-refractivity contribution in [2.75, 3.05) is 0 Å². The largest absolute Gasteiger partial charge is 0.338 e. The molecule has 2 aromatic rings. The molecule has 1 aromatic carbocycles. The van der Waals surface area contributed by atoms with Crippen LogP contribution in [0.2, 0.25) is 0 Å². The molecule has 0 aliphatic heterocycles. The van der Waals surface area contributed by atoms with Gasteiger partial charge in [0.25, 0.3) is 0 Å². The third kappa shape index (κ3) is 3.59. The summed E-state index contributed by atoms with van der Waals surface area (Å²) < 4.78 is 6.29. The second-order valence-corrected chi connectivity index (χ2v) is 6.62. The second kappa shape index (κ2) is 6.73. The van der Waals surface area contributed by atoms with Crippen molar-refractivity contribution in [3.8, 4) is 0 Å².